The molecule has 1 amide bonds. The van der Waals surface area contributed by atoms with E-state index < -0.39 is 44.5 Å². The van der Waals surface area contributed by atoms with Gasteiger partial charge in [0.15, 0.2) is 5.75 Å². The minimum atomic E-state index is -4.46. The summed E-state index contributed by atoms with van der Waals surface area (Å²) in [6, 6.07) is 6.01. The Balaban J connectivity index is 2.31. The highest BCUT2D eigenvalue weighted by Crippen LogP contribution is 2.53. The van der Waals surface area contributed by atoms with Crippen molar-refractivity contribution in [3.8, 4) is 5.75 Å². The molecular formula is C26H26N2O9S. The van der Waals surface area contributed by atoms with E-state index in [4.69, 9.17) is 14.2 Å². The fourth-order valence-electron chi connectivity index (χ4n) is 4.81. The topological polar surface area (TPSA) is 138 Å². The number of esters is 3. The fraction of sp³-hybridized carbons (Fsp3) is 0.308. The molecule has 2 heterocycles. The molecule has 0 saturated heterocycles. The molecule has 1 aliphatic heterocycles. The number of benzene rings is 2. The number of carbonyl (C=O) groups is 4. The second-order valence-corrected chi connectivity index (χ2v) is 10.8. The van der Waals surface area contributed by atoms with E-state index in [1.165, 1.54) is 51.1 Å². The van der Waals surface area contributed by atoms with Crippen LogP contribution in [0.1, 0.15) is 41.3 Å². The van der Waals surface area contributed by atoms with E-state index in [0.29, 0.717) is 0 Å². The zero-order valence-electron chi connectivity index (χ0n) is 21.6. The molecule has 12 heteroatoms. The number of aromatic nitrogens is 1. The van der Waals surface area contributed by atoms with Crippen LogP contribution >= 0.6 is 0 Å². The van der Waals surface area contributed by atoms with Crippen molar-refractivity contribution in [1.82, 2.24) is 4.57 Å². The number of ether oxygens (including phenoxy) is 3. The number of aryl methyl sites for hydroxylation is 2. The lowest BCUT2D eigenvalue weighted by molar-refractivity contribution is -0.142. The molecule has 3 aromatic rings. The number of hydrogen-bond donors (Lipinski definition) is 0. The van der Waals surface area contributed by atoms with Crippen LogP contribution in [0.15, 0.2) is 40.3 Å². The average molecular weight is 543 g/mol. The Labute approximate surface area is 218 Å². The minimum absolute atomic E-state index is 0.00626. The predicted molar refractivity (Wildman–Crippen MR) is 135 cm³/mol. The molecule has 1 aromatic heterocycles. The van der Waals surface area contributed by atoms with Gasteiger partial charge in [0.05, 0.1) is 35.9 Å². The molecule has 2 aromatic carbocycles. The van der Waals surface area contributed by atoms with E-state index in [-0.39, 0.29) is 44.9 Å². The first kappa shape index (κ1) is 26.9. The molecule has 0 radical (unpaired) electrons. The monoisotopic (exact) mass is 542 g/mol. The molecule has 0 bridgehead atoms. The number of anilines is 1. The molecule has 0 saturated carbocycles. The highest BCUT2D eigenvalue weighted by molar-refractivity contribution is 7.91. The van der Waals surface area contributed by atoms with Crippen molar-refractivity contribution in [2.75, 3.05) is 25.7 Å². The van der Waals surface area contributed by atoms with Gasteiger partial charge in [-0.2, -0.15) is 0 Å². The van der Waals surface area contributed by atoms with Crippen LogP contribution in [0.4, 0.5) is 5.69 Å². The van der Waals surface area contributed by atoms with Crippen molar-refractivity contribution in [2.24, 2.45) is 7.05 Å². The molecule has 200 valence electrons. The van der Waals surface area contributed by atoms with E-state index >= 15 is 0 Å². The number of rotatable bonds is 5. The van der Waals surface area contributed by atoms with Crippen LogP contribution in [0.5, 0.6) is 5.75 Å². The standard InChI is InChI=1S/C26H26N2O9S/c1-13-7-9-16(10-8-13)38(33,34)24-22-20(18(26(32)36-6)12-28(22)14(2)29)19-17(25(31)35-5)11-27(4)21(19)23(24)37-15(3)30/h7-11,18H,12H2,1-6H3. The van der Waals surface area contributed by atoms with Crippen molar-refractivity contribution in [3.63, 3.8) is 0 Å². The smallest absolute Gasteiger partial charge is 0.340 e. The van der Waals surface area contributed by atoms with Crippen molar-refractivity contribution >= 4 is 50.2 Å². The number of carbonyl (C=O) groups excluding carboxylic acids is 4. The van der Waals surface area contributed by atoms with E-state index in [2.05, 4.69) is 0 Å². The van der Waals surface area contributed by atoms with Gasteiger partial charge in [0.1, 0.15) is 10.8 Å². The minimum Gasteiger partial charge on any atom is -0.468 e. The van der Waals surface area contributed by atoms with Gasteiger partial charge >= 0.3 is 17.9 Å². The van der Waals surface area contributed by atoms with Crippen LogP contribution in [0.25, 0.3) is 10.9 Å². The summed E-state index contributed by atoms with van der Waals surface area (Å²) in [4.78, 5) is 51.4. The third kappa shape index (κ3) is 4.10. The number of fused-ring (bicyclic) bond motifs is 3. The molecule has 0 N–H and O–H groups in total. The lowest BCUT2D eigenvalue weighted by Crippen LogP contribution is -2.30. The molecule has 0 spiro atoms. The first-order valence-electron chi connectivity index (χ1n) is 11.5. The molecule has 1 atom stereocenters. The first-order valence-corrected chi connectivity index (χ1v) is 13.0. The first-order chi connectivity index (χ1) is 17.8. The molecule has 1 aliphatic rings. The van der Waals surface area contributed by atoms with Gasteiger partial charge in [-0.25, -0.2) is 13.2 Å². The molecule has 1 unspecified atom stereocenters. The maximum Gasteiger partial charge on any atom is 0.340 e. The summed E-state index contributed by atoms with van der Waals surface area (Å²) in [6.07, 6.45) is 1.39. The predicted octanol–water partition coefficient (Wildman–Crippen LogP) is 2.65. The zero-order valence-corrected chi connectivity index (χ0v) is 22.5. The Hall–Kier alpha value is -4.19. The van der Waals surface area contributed by atoms with Gasteiger partial charge in [-0.15, -0.1) is 0 Å². The van der Waals surface area contributed by atoms with Crippen LogP contribution in [-0.4, -0.2) is 57.6 Å². The van der Waals surface area contributed by atoms with E-state index in [9.17, 15) is 27.6 Å². The Kier molecular flexibility index (Phi) is 6.79. The normalized spacial score (nSPS) is 14.8. The maximum atomic E-state index is 14.2. The van der Waals surface area contributed by atoms with Crippen LogP contribution in [0, 0.1) is 6.92 Å². The number of hydrogen-bond acceptors (Lipinski definition) is 9. The number of nitrogens with zero attached hydrogens (tertiary/aromatic N) is 2. The number of amides is 1. The summed E-state index contributed by atoms with van der Waals surface area (Å²) in [5.74, 6) is -4.42. The van der Waals surface area contributed by atoms with Gasteiger partial charge in [-0.05, 0) is 19.1 Å². The SMILES string of the molecule is COC(=O)c1cn(C)c2c(OC(C)=O)c(S(=O)(=O)c3ccc(C)cc3)c3c(c12)C(C(=O)OC)CN3C(C)=O. The van der Waals surface area contributed by atoms with Gasteiger partial charge in [0, 0.05) is 44.6 Å². The summed E-state index contributed by atoms with van der Waals surface area (Å²) in [7, 11) is -0.591. The molecule has 4 rings (SSSR count). The lowest BCUT2D eigenvalue weighted by Gasteiger charge is -2.22. The van der Waals surface area contributed by atoms with E-state index in [1.807, 2.05) is 0 Å². The van der Waals surface area contributed by atoms with Crippen molar-refractivity contribution in [1.29, 1.82) is 0 Å². The summed E-state index contributed by atoms with van der Waals surface area (Å²) < 4.78 is 45.3. The number of methoxy groups -OCH3 is 2. The molecule has 38 heavy (non-hydrogen) atoms. The van der Waals surface area contributed by atoms with Gasteiger partial charge in [-0.1, -0.05) is 17.7 Å². The molecule has 0 aliphatic carbocycles. The number of sulfone groups is 1. The van der Waals surface area contributed by atoms with Gasteiger partial charge in [0.2, 0.25) is 15.7 Å². The van der Waals surface area contributed by atoms with Gasteiger partial charge < -0.3 is 23.7 Å². The van der Waals surface area contributed by atoms with Gasteiger partial charge in [-0.3, -0.25) is 14.4 Å². The second kappa shape index (κ2) is 9.60. The van der Waals surface area contributed by atoms with Crippen molar-refractivity contribution < 1.29 is 41.8 Å². The van der Waals surface area contributed by atoms with Crippen LogP contribution in [0.2, 0.25) is 0 Å². The average Bonchev–Trinajstić information content (AvgIpc) is 3.41. The summed E-state index contributed by atoms with van der Waals surface area (Å²) in [5, 5.41) is 0.118. The Morgan fingerprint density at radius 3 is 2.16 bits per heavy atom. The summed E-state index contributed by atoms with van der Waals surface area (Å²) in [6.45, 7) is 3.86. The van der Waals surface area contributed by atoms with Crippen LogP contribution in [-0.2, 0) is 40.7 Å². The highest BCUT2D eigenvalue weighted by Gasteiger charge is 2.46. The van der Waals surface area contributed by atoms with E-state index in [1.54, 1.807) is 19.1 Å². The third-order valence-electron chi connectivity index (χ3n) is 6.44. The second-order valence-electron chi connectivity index (χ2n) is 8.90. The van der Waals surface area contributed by atoms with Crippen molar-refractivity contribution in [2.45, 2.75) is 36.5 Å². The fourth-order valence-corrected chi connectivity index (χ4v) is 6.40. The Bertz CT molecular complexity index is 1620. The zero-order chi connectivity index (χ0) is 28.1. The Morgan fingerprint density at radius 1 is 1.00 bits per heavy atom. The van der Waals surface area contributed by atoms with Crippen molar-refractivity contribution in [3.05, 3.63) is 47.2 Å². The molecular weight excluding hydrogens is 516 g/mol. The molecule has 11 nitrogen and oxygen atoms in total. The Morgan fingerprint density at radius 2 is 1.63 bits per heavy atom. The third-order valence-corrected chi connectivity index (χ3v) is 8.25. The lowest BCUT2D eigenvalue weighted by atomic mass is 9.95. The quantitative estimate of drug-likeness (QED) is 0.352. The van der Waals surface area contributed by atoms with Crippen LogP contribution in [0.3, 0.4) is 0 Å². The largest absolute Gasteiger partial charge is 0.468 e. The van der Waals surface area contributed by atoms with Gasteiger partial charge in [0.25, 0.3) is 0 Å². The maximum absolute atomic E-state index is 14.2. The molecule has 0 fully saturated rings. The van der Waals surface area contributed by atoms with E-state index in [0.717, 1.165) is 17.4 Å². The highest BCUT2D eigenvalue weighted by atomic mass is 32.2. The summed E-state index contributed by atoms with van der Waals surface area (Å²) >= 11 is 0. The summed E-state index contributed by atoms with van der Waals surface area (Å²) in [5.41, 5.74) is 0.793. The van der Waals surface area contributed by atoms with Crippen LogP contribution < -0.4 is 9.64 Å².